The molecule has 9 nitrogen and oxygen atoms in total. The molecule has 3 aromatic rings. The summed E-state index contributed by atoms with van der Waals surface area (Å²) in [5.74, 6) is 1.62. The first kappa shape index (κ1) is 37.2. The van der Waals surface area contributed by atoms with Crippen LogP contribution in [0.1, 0.15) is 96.1 Å². The molecule has 0 spiro atoms. The lowest BCUT2D eigenvalue weighted by Gasteiger charge is -2.55. The SMILES string of the molecule is COc1ccc(C23CCC(CN(C(=O)C4CCC(OC(=O)N5CC(C)C5)CC4)c4cc(-c5ccn(C(C)(C)C(F)(F)F)n5)ccn4)(CC2)CC3)cc1C. The molecule has 2 bridgehead atoms. The number of carbonyl (C=O) groups is 2. The summed E-state index contributed by atoms with van der Waals surface area (Å²) in [6.07, 6.45) is 6.49. The lowest BCUT2D eigenvalue weighted by molar-refractivity contribution is -0.205. The summed E-state index contributed by atoms with van der Waals surface area (Å²) in [5, 5.41) is 4.33. The van der Waals surface area contributed by atoms with Crippen molar-refractivity contribution in [2.24, 2.45) is 17.3 Å². The Labute approximate surface area is 310 Å². The predicted molar refractivity (Wildman–Crippen MR) is 196 cm³/mol. The highest BCUT2D eigenvalue weighted by molar-refractivity contribution is 5.95. The number of nitrogens with zero attached hydrogens (tertiary/aromatic N) is 5. The molecule has 0 atom stereocenters. The number of rotatable bonds is 9. The van der Waals surface area contributed by atoms with E-state index in [9.17, 15) is 22.8 Å². The average molecular weight is 736 g/mol. The highest BCUT2D eigenvalue weighted by Crippen LogP contribution is 2.58. The molecule has 0 N–H and O–H groups in total. The van der Waals surface area contributed by atoms with Gasteiger partial charge >= 0.3 is 12.3 Å². The van der Waals surface area contributed by atoms with Gasteiger partial charge in [0.2, 0.25) is 5.91 Å². The van der Waals surface area contributed by atoms with Gasteiger partial charge in [-0.2, -0.15) is 18.3 Å². The van der Waals surface area contributed by atoms with Crippen LogP contribution in [0.25, 0.3) is 11.3 Å². The number of halogens is 3. The van der Waals surface area contributed by atoms with Crippen LogP contribution in [0.5, 0.6) is 5.75 Å². The second-order valence-corrected chi connectivity index (χ2v) is 16.9. The van der Waals surface area contributed by atoms with Crippen molar-refractivity contribution in [3.8, 4) is 17.0 Å². The van der Waals surface area contributed by atoms with E-state index < -0.39 is 11.7 Å². The Morgan fingerprint density at radius 3 is 2.25 bits per heavy atom. The second kappa shape index (κ2) is 14.0. The van der Waals surface area contributed by atoms with Crippen molar-refractivity contribution in [2.45, 2.75) is 115 Å². The van der Waals surface area contributed by atoms with Crippen LogP contribution in [0, 0.1) is 24.2 Å². The van der Waals surface area contributed by atoms with Gasteiger partial charge in [0, 0.05) is 43.5 Å². The van der Waals surface area contributed by atoms with Gasteiger partial charge in [-0.1, -0.05) is 19.1 Å². The van der Waals surface area contributed by atoms with E-state index in [-0.39, 0.29) is 34.9 Å². The standard InChI is InChI=1S/C41H52F3N5O4/c1-27-24-47(25-27)37(51)53-32-9-6-29(7-10-32)36(50)48(35-23-30(12-20-45-35)33-13-21-49(46-33)38(3,4)41(42,43)44)26-39-14-17-40(18-15-39,19-16-39)31-8-11-34(52-5)28(2)22-31/h8,11-13,20-23,27,29,32H,6-7,9-10,14-19,24-26H2,1-5H3. The summed E-state index contributed by atoms with van der Waals surface area (Å²) < 4.78 is 53.8. The van der Waals surface area contributed by atoms with E-state index in [0.29, 0.717) is 55.2 Å². The molecule has 1 aromatic carbocycles. The van der Waals surface area contributed by atoms with E-state index in [1.807, 2.05) is 4.90 Å². The Bertz CT molecular complexity index is 1800. The number of aromatic nitrogens is 3. The van der Waals surface area contributed by atoms with Crippen LogP contribution < -0.4 is 9.64 Å². The summed E-state index contributed by atoms with van der Waals surface area (Å²) in [6.45, 7) is 8.36. The molecular weight excluding hydrogens is 683 g/mol. The van der Waals surface area contributed by atoms with E-state index in [0.717, 1.165) is 81.5 Å². The third-order valence-electron chi connectivity index (χ3n) is 13.0. The predicted octanol–water partition coefficient (Wildman–Crippen LogP) is 8.83. The fraction of sp³-hybridized carbons (Fsp3) is 0.610. The minimum Gasteiger partial charge on any atom is -0.496 e. The Balaban J connectivity index is 1.12. The lowest BCUT2D eigenvalue weighted by Crippen LogP contribution is -2.52. The number of aryl methyl sites for hydroxylation is 1. The Kier molecular flexibility index (Phi) is 9.81. The van der Waals surface area contributed by atoms with Crippen molar-refractivity contribution in [3.05, 3.63) is 59.9 Å². The summed E-state index contributed by atoms with van der Waals surface area (Å²) in [5.41, 5.74) is 1.32. The number of methoxy groups -OCH3 is 1. The first-order valence-corrected chi connectivity index (χ1v) is 19.1. The number of anilines is 1. The number of hydrogen-bond acceptors (Lipinski definition) is 6. The third-order valence-corrected chi connectivity index (χ3v) is 13.0. The number of alkyl halides is 3. The van der Waals surface area contributed by atoms with Crippen molar-refractivity contribution in [1.29, 1.82) is 0 Å². The molecule has 5 fully saturated rings. The number of likely N-dealkylation sites (tertiary alicyclic amines) is 1. The molecule has 0 radical (unpaired) electrons. The number of hydrogen-bond donors (Lipinski definition) is 0. The summed E-state index contributed by atoms with van der Waals surface area (Å²) in [4.78, 5) is 35.6. The second-order valence-electron chi connectivity index (χ2n) is 16.9. The Hall–Kier alpha value is -4.09. The summed E-state index contributed by atoms with van der Waals surface area (Å²) in [6, 6.07) is 11.6. The lowest BCUT2D eigenvalue weighted by atomic mass is 9.51. The normalized spacial score (nSPS) is 26.2. The van der Waals surface area contributed by atoms with Crippen LogP contribution in [0.4, 0.5) is 23.8 Å². The van der Waals surface area contributed by atoms with Crippen molar-refractivity contribution >= 4 is 17.8 Å². The van der Waals surface area contributed by atoms with Gasteiger partial charge in [0.05, 0.1) is 12.8 Å². The van der Waals surface area contributed by atoms with Crippen molar-refractivity contribution < 1.29 is 32.2 Å². The summed E-state index contributed by atoms with van der Waals surface area (Å²) >= 11 is 0. The quantitative estimate of drug-likeness (QED) is 0.218. The fourth-order valence-corrected chi connectivity index (χ4v) is 9.11. The Morgan fingerprint density at radius 2 is 1.64 bits per heavy atom. The van der Waals surface area contributed by atoms with Gasteiger partial charge < -0.3 is 14.4 Å². The van der Waals surface area contributed by atoms with E-state index in [4.69, 9.17) is 14.5 Å². The van der Waals surface area contributed by atoms with Crippen LogP contribution in [0.15, 0.2) is 48.8 Å². The highest BCUT2D eigenvalue weighted by atomic mass is 19.4. The minimum absolute atomic E-state index is 0.00212. The molecule has 0 unspecified atom stereocenters. The molecular formula is C41H52F3N5O4. The number of carbonyl (C=O) groups excluding carboxylic acids is 2. The molecule has 5 aliphatic rings. The van der Waals surface area contributed by atoms with Crippen LogP contribution in [-0.4, -0.2) is 70.7 Å². The van der Waals surface area contributed by atoms with Gasteiger partial charge in [-0.15, -0.1) is 0 Å². The molecule has 8 rings (SSSR count). The number of fused-ring (bicyclic) bond motifs is 3. The van der Waals surface area contributed by atoms with Gasteiger partial charge in [-0.25, -0.2) is 9.78 Å². The zero-order chi connectivity index (χ0) is 37.8. The monoisotopic (exact) mass is 735 g/mol. The van der Waals surface area contributed by atoms with Crippen molar-refractivity contribution in [1.82, 2.24) is 19.7 Å². The van der Waals surface area contributed by atoms with Crippen molar-refractivity contribution in [2.75, 3.05) is 31.6 Å². The maximum atomic E-state index is 14.7. The Morgan fingerprint density at radius 1 is 0.962 bits per heavy atom. The number of benzene rings is 1. The molecule has 4 saturated carbocycles. The van der Waals surface area contributed by atoms with E-state index >= 15 is 0 Å². The first-order valence-electron chi connectivity index (χ1n) is 19.1. The highest BCUT2D eigenvalue weighted by Gasteiger charge is 2.51. The smallest absolute Gasteiger partial charge is 0.413 e. The maximum absolute atomic E-state index is 14.7. The third kappa shape index (κ3) is 7.14. The molecule has 2 amide bonds. The largest absolute Gasteiger partial charge is 0.496 e. The van der Waals surface area contributed by atoms with E-state index in [1.54, 1.807) is 36.4 Å². The molecule has 1 saturated heterocycles. The molecule has 286 valence electrons. The van der Waals surface area contributed by atoms with Crippen LogP contribution >= 0.6 is 0 Å². The van der Waals surface area contributed by atoms with Gasteiger partial charge in [0.25, 0.3) is 0 Å². The van der Waals surface area contributed by atoms with Gasteiger partial charge in [-0.05, 0) is 137 Å². The zero-order valence-electron chi connectivity index (χ0n) is 31.5. The van der Waals surface area contributed by atoms with Crippen molar-refractivity contribution in [3.63, 3.8) is 0 Å². The van der Waals surface area contributed by atoms with E-state index in [2.05, 4.69) is 37.1 Å². The minimum atomic E-state index is -4.49. The van der Waals surface area contributed by atoms with E-state index in [1.165, 1.54) is 11.8 Å². The van der Waals surface area contributed by atoms with Crippen LogP contribution in [0.3, 0.4) is 0 Å². The molecule has 53 heavy (non-hydrogen) atoms. The summed E-state index contributed by atoms with van der Waals surface area (Å²) in [7, 11) is 1.70. The number of amides is 2. The number of pyridine rings is 1. The van der Waals surface area contributed by atoms with Crippen LogP contribution in [-0.2, 0) is 20.5 Å². The molecule has 1 aliphatic heterocycles. The molecule has 4 aliphatic carbocycles. The van der Waals surface area contributed by atoms with Gasteiger partial charge in [0.15, 0.2) is 5.54 Å². The van der Waals surface area contributed by atoms with Crippen LogP contribution in [0.2, 0.25) is 0 Å². The average Bonchev–Trinajstić information content (AvgIpc) is 3.65. The fourth-order valence-electron chi connectivity index (χ4n) is 9.11. The first-order chi connectivity index (χ1) is 25.1. The molecule has 3 heterocycles. The molecule has 2 aromatic heterocycles. The maximum Gasteiger partial charge on any atom is 0.413 e. The van der Waals surface area contributed by atoms with Gasteiger partial charge in [-0.3, -0.25) is 14.4 Å². The van der Waals surface area contributed by atoms with Gasteiger partial charge in [0.1, 0.15) is 17.7 Å². The number of ether oxygens (including phenoxy) is 2. The molecule has 12 heteroatoms. The topological polar surface area (TPSA) is 89.8 Å². The zero-order valence-corrected chi connectivity index (χ0v) is 31.5.